The lowest BCUT2D eigenvalue weighted by molar-refractivity contribution is -0.130. The number of methoxy groups -OCH3 is 1. The first kappa shape index (κ1) is 23.1. The predicted octanol–water partition coefficient (Wildman–Crippen LogP) is 3.94. The van der Waals surface area contributed by atoms with E-state index in [-0.39, 0.29) is 18.4 Å². The van der Waals surface area contributed by atoms with Crippen molar-refractivity contribution in [3.05, 3.63) is 59.9 Å². The average molecular weight is 475 g/mol. The molecule has 1 aliphatic carbocycles. The maximum atomic E-state index is 14.1. The summed E-state index contributed by atoms with van der Waals surface area (Å²) in [7, 11) is 1.58. The zero-order valence-corrected chi connectivity index (χ0v) is 20.1. The molecule has 3 aromatic rings. The number of carbonyl (C=O) groups excluding carboxylic acids is 3. The van der Waals surface area contributed by atoms with Gasteiger partial charge in [0.05, 0.1) is 18.1 Å². The highest BCUT2D eigenvalue weighted by molar-refractivity contribution is 6.19. The number of benzene rings is 2. The minimum atomic E-state index is -1.72. The van der Waals surface area contributed by atoms with Crippen LogP contribution in [-0.2, 0) is 11.3 Å². The van der Waals surface area contributed by atoms with E-state index >= 15 is 0 Å². The van der Waals surface area contributed by atoms with E-state index in [1.807, 2.05) is 18.2 Å². The van der Waals surface area contributed by atoms with Crippen LogP contribution in [-0.4, -0.2) is 50.9 Å². The van der Waals surface area contributed by atoms with Crippen LogP contribution in [0.1, 0.15) is 66.4 Å². The van der Waals surface area contributed by atoms with Gasteiger partial charge in [0.15, 0.2) is 5.54 Å². The molecular weight excluding hydrogens is 444 g/mol. The Bertz CT molecular complexity index is 1270. The quantitative estimate of drug-likeness (QED) is 0.447. The van der Waals surface area contributed by atoms with Gasteiger partial charge in [-0.25, -0.2) is 4.98 Å². The molecule has 5 rings (SSSR count). The number of hydrogen-bond acceptors (Lipinski definition) is 5. The fraction of sp³-hybridized carbons (Fsp3) is 0.407. The molecule has 1 saturated carbocycles. The molecular formula is C27H30N4O4. The third-order valence-electron chi connectivity index (χ3n) is 7.29. The first-order valence-electron chi connectivity index (χ1n) is 12.2. The van der Waals surface area contributed by atoms with Gasteiger partial charge in [-0.05, 0) is 49.6 Å². The standard InChI is InChI=1S/C27H30N4O4/c1-27(25(33)28-19-9-5-3-4-6-10-19)26(34)31-22-12-8-7-11-21(22)29-23(31)24(32)30(27)17-18-13-15-20(35-2)16-14-18/h7-8,11-16,19H,3-6,9-10,17H2,1-2H3,(H,28,33). The zero-order valence-electron chi connectivity index (χ0n) is 20.1. The fourth-order valence-corrected chi connectivity index (χ4v) is 5.14. The molecule has 2 aromatic carbocycles. The summed E-state index contributed by atoms with van der Waals surface area (Å²) in [4.78, 5) is 47.5. The van der Waals surface area contributed by atoms with Gasteiger partial charge in [0.2, 0.25) is 5.82 Å². The molecule has 2 aliphatic rings. The molecule has 1 aliphatic heterocycles. The molecule has 1 fully saturated rings. The van der Waals surface area contributed by atoms with Gasteiger partial charge in [-0.3, -0.25) is 19.0 Å². The van der Waals surface area contributed by atoms with Crippen LogP contribution in [0.3, 0.4) is 0 Å². The lowest BCUT2D eigenvalue weighted by Gasteiger charge is -2.42. The van der Waals surface area contributed by atoms with Gasteiger partial charge in [0.25, 0.3) is 17.7 Å². The predicted molar refractivity (Wildman–Crippen MR) is 131 cm³/mol. The van der Waals surface area contributed by atoms with Gasteiger partial charge < -0.3 is 15.0 Å². The summed E-state index contributed by atoms with van der Waals surface area (Å²) in [5.41, 5.74) is 0.130. The van der Waals surface area contributed by atoms with E-state index in [2.05, 4.69) is 10.3 Å². The summed E-state index contributed by atoms with van der Waals surface area (Å²) < 4.78 is 6.55. The fourth-order valence-electron chi connectivity index (χ4n) is 5.14. The van der Waals surface area contributed by atoms with Crippen LogP contribution < -0.4 is 10.1 Å². The van der Waals surface area contributed by atoms with E-state index in [1.54, 1.807) is 44.4 Å². The van der Waals surface area contributed by atoms with Crippen molar-refractivity contribution in [1.82, 2.24) is 19.8 Å². The SMILES string of the molecule is COc1ccc(CN2C(=O)c3nc4ccccc4n3C(=O)C2(C)C(=O)NC2CCCCCC2)cc1. The number of carbonyl (C=O) groups is 3. The maximum Gasteiger partial charge on any atom is 0.291 e. The van der Waals surface area contributed by atoms with Gasteiger partial charge in [0.1, 0.15) is 5.75 Å². The van der Waals surface area contributed by atoms with Crippen molar-refractivity contribution >= 4 is 28.8 Å². The smallest absolute Gasteiger partial charge is 0.291 e. The Morgan fingerprint density at radius 3 is 2.43 bits per heavy atom. The van der Waals surface area contributed by atoms with Crippen LogP contribution in [0.4, 0.5) is 0 Å². The molecule has 1 N–H and O–H groups in total. The molecule has 2 heterocycles. The van der Waals surface area contributed by atoms with E-state index in [1.165, 1.54) is 9.47 Å². The largest absolute Gasteiger partial charge is 0.497 e. The highest BCUT2D eigenvalue weighted by Gasteiger charge is 2.55. The molecule has 2 amide bonds. The molecule has 8 heteroatoms. The summed E-state index contributed by atoms with van der Waals surface area (Å²) >= 11 is 0. The van der Waals surface area contributed by atoms with E-state index < -0.39 is 23.3 Å². The highest BCUT2D eigenvalue weighted by atomic mass is 16.5. The number of aromatic nitrogens is 2. The highest BCUT2D eigenvalue weighted by Crippen LogP contribution is 2.32. The van der Waals surface area contributed by atoms with E-state index in [4.69, 9.17) is 4.74 Å². The second-order valence-electron chi connectivity index (χ2n) is 9.54. The van der Waals surface area contributed by atoms with Gasteiger partial charge in [-0.2, -0.15) is 0 Å². The van der Waals surface area contributed by atoms with Crippen molar-refractivity contribution in [1.29, 1.82) is 0 Å². The minimum absolute atomic E-state index is 0.00603. The van der Waals surface area contributed by atoms with Crippen molar-refractivity contribution in [3.63, 3.8) is 0 Å². The van der Waals surface area contributed by atoms with Crippen LogP contribution in [0.2, 0.25) is 0 Å². The number of fused-ring (bicyclic) bond motifs is 3. The van der Waals surface area contributed by atoms with Crippen molar-refractivity contribution in [2.75, 3.05) is 7.11 Å². The lowest BCUT2D eigenvalue weighted by atomic mass is 9.92. The number of para-hydroxylation sites is 2. The third kappa shape index (κ3) is 3.96. The number of nitrogens with one attached hydrogen (secondary N) is 1. The van der Waals surface area contributed by atoms with Gasteiger partial charge in [-0.15, -0.1) is 0 Å². The monoisotopic (exact) mass is 474 g/mol. The molecule has 1 unspecified atom stereocenters. The molecule has 0 bridgehead atoms. The van der Waals surface area contributed by atoms with Crippen LogP contribution >= 0.6 is 0 Å². The number of amides is 2. The molecule has 35 heavy (non-hydrogen) atoms. The number of hydrogen-bond donors (Lipinski definition) is 1. The van der Waals surface area contributed by atoms with E-state index in [0.29, 0.717) is 16.8 Å². The van der Waals surface area contributed by atoms with Crippen LogP contribution in [0.25, 0.3) is 11.0 Å². The van der Waals surface area contributed by atoms with Crippen molar-refractivity contribution in [2.24, 2.45) is 0 Å². The number of nitrogens with zero attached hydrogens (tertiary/aromatic N) is 3. The van der Waals surface area contributed by atoms with E-state index in [9.17, 15) is 14.4 Å². The Labute approximate surface area is 204 Å². The first-order chi connectivity index (χ1) is 16.9. The minimum Gasteiger partial charge on any atom is -0.497 e. The maximum absolute atomic E-state index is 14.1. The Hall–Kier alpha value is -3.68. The van der Waals surface area contributed by atoms with Crippen molar-refractivity contribution < 1.29 is 19.1 Å². The number of ether oxygens (including phenoxy) is 1. The van der Waals surface area contributed by atoms with Gasteiger partial charge >= 0.3 is 0 Å². The molecule has 8 nitrogen and oxygen atoms in total. The number of rotatable bonds is 5. The summed E-state index contributed by atoms with van der Waals surface area (Å²) in [5.74, 6) is -0.648. The molecule has 0 radical (unpaired) electrons. The van der Waals surface area contributed by atoms with Crippen LogP contribution in [0.5, 0.6) is 5.75 Å². The molecule has 1 aromatic heterocycles. The third-order valence-corrected chi connectivity index (χ3v) is 7.29. The lowest BCUT2D eigenvalue weighted by Crippen LogP contribution is -2.68. The van der Waals surface area contributed by atoms with Crippen molar-refractivity contribution in [2.45, 2.75) is 63.6 Å². The summed E-state index contributed by atoms with van der Waals surface area (Å²) in [5, 5.41) is 3.12. The molecule has 1 atom stereocenters. The van der Waals surface area contributed by atoms with Crippen molar-refractivity contribution in [3.8, 4) is 5.75 Å². The first-order valence-corrected chi connectivity index (χ1v) is 12.2. The van der Waals surface area contributed by atoms with Gasteiger partial charge in [0, 0.05) is 12.6 Å². The zero-order chi connectivity index (χ0) is 24.6. The summed E-state index contributed by atoms with van der Waals surface area (Å²) in [6.07, 6.45) is 6.13. The Kier molecular flexibility index (Phi) is 6.05. The topological polar surface area (TPSA) is 93.5 Å². The Morgan fingerprint density at radius 1 is 1.06 bits per heavy atom. The molecule has 0 spiro atoms. The second-order valence-corrected chi connectivity index (χ2v) is 9.54. The number of imidazole rings is 1. The molecule has 182 valence electrons. The van der Waals surface area contributed by atoms with Crippen LogP contribution in [0.15, 0.2) is 48.5 Å². The summed E-state index contributed by atoms with van der Waals surface area (Å²) in [6, 6.07) is 14.4. The van der Waals surface area contributed by atoms with Crippen LogP contribution in [0, 0.1) is 0 Å². The normalized spacial score (nSPS) is 21.0. The average Bonchev–Trinajstić information content (AvgIpc) is 3.08. The Balaban J connectivity index is 1.57. The van der Waals surface area contributed by atoms with E-state index in [0.717, 1.165) is 44.1 Å². The summed E-state index contributed by atoms with van der Waals surface area (Å²) in [6.45, 7) is 1.65. The Morgan fingerprint density at radius 2 is 1.74 bits per heavy atom. The molecule has 0 saturated heterocycles. The van der Waals surface area contributed by atoms with Gasteiger partial charge in [-0.1, -0.05) is 49.9 Å². The second kappa shape index (κ2) is 9.17.